The van der Waals surface area contributed by atoms with Crippen LogP contribution in [0.2, 0.25) is 5.02 Å². The van der Waals surface area contributed by atoms with Crippen molar-refractivity contribution in [2.75, 3.05) is 5.88 Å². The summed E-state index contributed by atoms with van der Waals surface area (Å²) >= 11 is 13.5. The molecule has 3 aromatic rings. The van der Waals surface area contributed by atoms with E-state index in [-0.39, 0.29) is 5.56 Å². The highest BCUT2D eigenvalue weighted by Gasteiger charge is 2.18. The number of aryl methyl sites for hydroxylation is 3. The molecule has 24 heavy (non-hydrogen) atoms. The monoisotopic (exact) mass is 380 g/mol. The number of aromatic amines is 1. The number of hydrogen-bond acceptors (Lipinski definition) is 3. The van der Waals surface area contributed by atoms with Crippen LogP contribution in [0, 0.1) is 6.92 Å². The Morgan fingerprint density at radius 1 is 1.33 bits per heavy atom. The molecule has 126 valence electrons. The number of nitrogens with zero attached hydrogens (tertiary/aromatic N) is 1. The maximum Gasteiger partial charge on any atom is 0.260 e. The summed E-state index contributed by atoms with van der Waals surface area (Å²) in [6, 6.07) is 5.88. The summed E-state index contributed by atoms with van der Waals surface area (Å²) in [4.78, 5) is 22.2. The third-order valence-electron chi connectivity index (χ3n) is 4.00. The van der Waals surface area contributed by atoms with Crippen molar-refractivity contribution < 1.29 is 0 Å². The topological polar surface area (TPSA) is 45.8 Å². The van der Waals surface area contributed by atoms with Crippen LogP contribution in [0.4, 0.5) is 0 Å². The van der Waals surface area contributed by atoms with Crippen LogP contribution in [0.5, 0.6) is 0 Å². The maximum absolute atomic E-state index is 12.7. The molecule has 6 heteroatoms. The zero-order valence-electron chi connectivity index (χ0n) is 13.6. The van der Waals surface area contributed by atoms with Crippen molar-refractivity contribution in [2.24, 2.45) is 0 Å². The first-order valence-electron chi connectivity index (χ1n) is 7.92. The molecule has 0 aliphatic carbocycles. The van der Waals surface area contributed by atoms with Crippen molar-refractivity contribution in [3.8, 4) is 11.1 Å². The highest BCUT2D eigenvalue weighted by atomic mass is 35.5. The van der Waals surface area contributed by atoms with Gasteiger partial charge in [0.25, 0.3) is 5.56 Å². The van der Waals surface area contributed by atoms with Crippen LogP contribution in [0.1, 0.15) is 29.6 Å². The van der Waals surface area contributed by atoms with Crippen LogP contribution in [-0.4, -0.2) is 15.8 Å². The van der Waals surface area contributed by atoms with Gasteiger partial charge in [0.05, 0.1) is 5.39 Å². The van der Waals surface area contributed by atoms with Crippen molar-refractivity contribution in [1.82, 2.24) is 9.97 Å². The number of fused-ring (bicyclic) bond motifs is 1. The van der Waals surface area contributed by atoms with Crippen molar-refractivity contribution >= 4 is 44.8 Å². The molecular weight excluding hydrogens is 363 g/mol. The lowest BCUT2D eigenvalue weighted by atomic mass is 10.0. The maximum atomic E-state index is 12.7. The van der Waals surface area contributed by atoms with Crippen molar-refractivity contribution in [2.45, 2.75) is 33.1 Å². The Morgan fingerprint density at radius 2 is 2.12 bits per heavy atom. The Kier molecular flexibility index (Phi) is 5.28. The van der Waals surface area contributed by atoms with Gasteiger partial charge in [-0.25, -0.2) is 4.98 Å². The number of H-pyrrole nitrogens is 1. The Bertz CT molecular complexity index is 946. The van der Waals surface area contributed by atoms with Crippen LogP contribution in [-0.2, 0) is 12.8 Å². The summed E-state index contributed by atoms with van der Waals surface area (Å²) in [5.41, 5.74) is 2.91. The molecule has 0 bridgehead atoms. The first-order chi connectivity index (χ1) is 11.5. The molecule has 0 aliphatic rings. The molecule has 0 aliphatic heterocycles. The molecule has 0 unspecified atom stereocenters. The second-order valence-corrected chi connectivity index (χ2v) is 7.57. The normalized spacial score (nSPS) is 11.3. The van der Waals surface area contributed by atoms with Gasteiger partial charge in [0, 0.05) is 27.8 Å². The summed E-state index contributed by atoms with van der Waals surface area (Å²) in [5, 5.41) is 1.40. The second-order valence-electron chi connectivity index (χ2n) is 5.70. The van der Waals surface area contributed by atoms with Crippen LogP contribution in [0.15, 0.2) is 23.0 Å². The largest absolute Gasteiger partial charge is 0.310 e. The van der Waals surface area contributed by atoms with Gasteiger partial charge in [-0.1, -0.05) is 24.6 Å². The first kappa shape index (κ1) is 17.5. The molecule has 0 fully saturated rings. The van der Waals surface area contributed by atoms with Crippen molar-refractivity contribution in [3.05, 3.63) is 49.8 Å². The number of thiophene rings is 1. The molecule has 0 amide bonds. The number of rotatable bonds is 5. The molecular formula is C18H18Cl2N2OS. The Hall–Kier alpha value is -1.36. The van der Waals surface area contributed by atoms with Gasteiger partial charge in [-0.05, 0) is 43.0 Å². The molecule has 1 aromatic carbocycles. The summed E-state index contributed by atoms with van der Waals surface area (Å²) in [6.45, 7) is 4.07. The summed E-state index contributed by atoms with van der Waals surface area (Å²) in [7, 11) is 0. The lowest BCUT2D eigenvalue weighted by Gasteiger charge is -2.06. The van der Waals surface area contributed by atoms with E-state index < -0.39 is 0 Å². The van der Waals surface area contributed by atoms with E-state index in [1.54, 1.807) is 11.3 Å². The number of nitrogens with one attached hydrogen (secondary N) is 1. The molecule has 2 aromatic heterocycles. The third kappa shape index (κ3) is 3.23. The summed E-state index contributed by atoms with van der Waals surface area (Å²) in [5.74, 6) is 1.26. The fourth-order valence-corrected chi connectivity index (χ4v) is 4.21. The average molecular weight is 381 g/mol. The number of benzene rings is 1. The molecule has 3 nitrogen and oxygen atoms in total. The molecule has 0 spiro atoms. The lowest BCUT2D eigenvalue weighted by molar-refractivity contribution is 0.843. The van der Waals surface area contributed by atoms with Crippen LogP contribution < -0.4 is 5.56 Å². The van der Waals surface area contributed by atoms with Gasteiger partial charge in [-0.15, -0.1) is 22.9 Å². The van der Waals surface area contributed by atoms with Gasteiger partial charge in [-0.2, -0.15) is 0 Å². The average Bonchev–Trinajstić information content (AvgIpc) is 2.94. The minimum Gasteiger partial charge on any atom is -0.310 e. The van der Waals surface area contributed by atoms with Crippen LogP contribution >= 0.6 is 34.5 Å². The molecule has 0 radical (unpaired) electrons. The minimum absolute atomic E-state index is 0.0804. The summed E-state index contributed by atoms with van der Waals surface area (Å²) < 4.78 is 0. The van der Waals surface area contributed by atoms with Gasteiger partial charge < -0.3 is 4.98 Å². The Morgan fingerprint density at radius 3 is 2.79 bits per heavy atom. The predicted molar refractivity (Wildman–Crippen MR) is 104 cm³/mol. The molecule has 0 saturated heterocycles. The fourth-order valence-electron chi connectivity index (χ4n) is 2.81. The first-order valence-corrected chi connectivity index (χ1v) is 9.65. The standard InChI is InChI=1S/C18H18Cl2N2OS/c1-3-13-15(11-6-7-12(20)10(2)9-11)16-17(23)21-14(5-4-8-19)22-18(16)24-13/h6-7,9H,3-5,8H2,1-2H3,(H,21,22,23). The van der Waals surface area contributed by atoms with E-state index in [1.165, 1.54) is 4.88 Å². The highest BCUT2D eigenvalue weighted by molar-refractivity contribution is 7.19. The van der Waals surface area contributed by atoms with E-state index in [0.29, 0.717) is 23.5 Å². The van der Waals surface area contributed by atoms with E-state index >= 15 is 0 Å². The SMILES string of the molecule is CCc1sc2nc(CCCCl)[nH]c(=O)c2c1-c1ccc(Cl)c(C)c1. The predicted octanol–water partition coefficient (Wildman–Crippen LogP) is 5.35. The molecule has 3 rings (SSSR count). The fraction of sp³-hybridized carbons (Fsp3) is 0.333. The van der Waals surface area contributed by atoms with Gasteiger partial charge in [0.2, 0.25) is 0 Å². The molecule has 0 saturated carbocycles. The van der Waals surface area contributed by atoms with E-state index in [1.807, 2.05) is 25.1 Å². The van der Waals surface area contributed by atoms with E-state index in [2.05, 4.69) is 16.9 Å². The lowest BCUT2D eigenvalue weighted by Crippen LogP contribution is -2.11. The van der Waals surface area contributed by atoms with Crippen molar-refractivity contribution in [1.29, 1.82) is 0 Å². The molecule has 0 atom stereocenters. The minimum atomic E-state index is -0.0804. The number of alkyl halides is 1. The zero-order chi connectivity index (χ0) is 17.3. The van der Waals surface area contributed by atoms with Gasteiger partial charge in [0.1, 0.15) is 10.7 Å². The summed E-state index contributed by atoms with van der Waals surface area (Å²) in [6.07, 6.45) is 2.34. The van der Waals surface area contributed by atoms with E-state index in [4.69, 9.17) is 23.2 Å². The van der Waals surface area contributed by atoms with E-state index in [0.717, 1.165) is 39.4 Å². The third-order valence-corrected chi connectivity index (χ3v) is 5.92. The van der Waals surface area contributed by atoms with Gasteiger partial charge in [0.15, 0.2) is 0 Å². The highest BCUT2D eigenvalue weighted by Crippen LogP contribution is 2.37. The van der Waals surface area contributed by atoms with Crippen molar-refractivity contribution in [3.63, 3.8) is 0 Å². The number of aromatic nitrogens is 2. The van der Waals surface area contributed by atoms with Gasteiger partial charge in [-0.3, -0.25) is 4.79 Å². The molecule has 2 heterocycles. The number of halogens is 2. The number of hydrogen-bond donors (Lipinski definition) is 1. The van der Waals surface area contributed by atoms with Crippen LogP contribution in [0.25, 0.3) is 21.3 Å². The Balaban J connectivity index is 2.23. The second kappa shape index (κ2) is 7.26. The molecule has 1 N–H and O–H groups in total. The van der Waals surface area contributed by atoms with Gasteiger partial charge >= 0.3 is 0 Å². The smallest absolute Gasteiger partial charge is 0.260 e. The Labute approximate surface area is 154 Å². The quantitative estimate of drug-likeness (QED) is 0.606. The van der Waals surface area contributed by atoms with E-state index in [9.17, 15) is 4.79 Å². The van der Waals surface area contributed by atoms with Crippen LogP contribution in [0.3, 0.4) is 0 Å². The zero-order valence-corrected chi connectivity index (χ0v) is 15.9.